The molecule has 0 bridgehead atoms. The Balaban J connectivity index is 1.85. The number of anilines is 4. The minimum Gasteiger partial charge on any atom is -0.355 e. The van der Waals surface area contributed by atoms with Gasteiger partial charge in [-0.15, -0.1) is 0 Å². The van der Waals surface area contributed by atoms with Gasteiger partial charge < -0.3 is 10.6 Å². The first-order valence-electron chi connectivity index (χ1n) is 6.85. The van der Waals surface area contributed by atoms with E-state index in [1.807, 2.05) is 60.7 Å². The van der Waals surface area contributed by atoms with Crippen molar-refractivity contribution < 1.29 is 0 Å². The van der Waals surface area contributed by atoms with E-state index in [0.717, 1.165) is 31.7 Å². The van der Waals surface area contributed by atoms with E-state index in [1.54, 1.807) is 0 Å². The summed E-state index contributed by atoms with van der Waals surface area (Å²) in [6.07, 6.45) is 0. The van der Waals surface area contributed by atoms with E-state index in [2.05, 4.69) is 54.6 Å². The molecule has 0 radical (unpaired) electrons. The number of nitrogens with one attached hydrogen (secondary N) is 2. The molecule has 22 heavy (non-hydrogen) atoms. The van der Waals surface area contributed by atoms with Crippen LogP contribution in [0, 0.1) is 0 Å². The maximum atomic E-state index is 3.63. The number of hydrogen-bond donors (Lipinski definition) is 2. The van der Waals surface area contributed by atoms with E-state index >= 15 is 0 Å². The summed E-state index contributed by atoms with van der Waals surface area (Å²) >= 11 is 7.26. The van der Waals surface area contributed by atoms with Gasteiger partial charge in [0.15, 0.2) is 0 Å². The monoisotopic (exact) mass is 416 g/mol. The van der Waals surface area contributed by atoms with E-state index in [9.17, 15) is 0 Å². The van der Waals surface area contributed by atoms with Crippen LogP contribution < -0.4 is 10.6 Å². The Morgan fingerprint density at radius 2 is 0.909 bits per heavy atom. The summed E-state index contributed by atoms with van der Waals surface area (Å²) in [7, 11) is 0. The molecule has 0 amide bonds. The Morgan fingerprint density at radius 1 is 0.545 bits per heavy atom. The first-order valence-corrected chi connectivity index (χ1v) is 8.44. The van der Waals surface area contributed by atoms with Crippen molar-refractivity contribution in [3.05, 3.63) is 81.7 Å². The minimum atomic E-state index is 0.998. The first-order chi connectivity index (χ1) is 10.7. The lowest BCUT2D eigenvalue weighted by atomic mass is 10.2. The fourth-order valence-corrected chi connectivity index (χ4v) is 2.98. The summed E-state index contributed by atoms with van der Waals surface area (Å²) in [5, 5.41) is 6.80. The molecule has 0 aromatic heterocycles. The van der Waals surface area contributed by atoms with Crippen LogP contribution in [0.3, 0.4) is 0 Å². The van der Waals surface area contributed by atoms with E-state index in [-0.39, 0.29) is 0 Å². The zero-order valence-electron chi connectivity index (χ0n) is 11.7. The molecule has 0 saturated carbocycles. The maximum absolute atomic E-state index is 3.63. The highest BCUT2D eigenvalue weighted by Gasteiger charge is 2.07. The summed E-state index contributed by atoms with van der Waals surface area (Å²) in [5.74, 6) is 0. The first kappa shape index (κ1) is 15.1. The average Bonchev–Trinajstić information content (AvgIpc) is 2.54. The third kappa shape index (κ3) is 3.70. The molecular weight excluding hydrogens is 404 g/mol. The van der Waals surface area contributed by atoms with Crippen LogP contribution >= 0.6 is 31.9 Å². The predicted octanol–water partition coefficient (Wildman–Crippen LogP) is 6.70. The zero-order valence-corrected chi connectivity index (χ0v) is 14.9. The molecule has 0 spiro atoms. The molecule has 0 heterocycles. The van der Waals surface area contributed by atoms with Gasteiger partial charge in [0.25, 0.3) is 0 Å². The molecule has 3 rings (SSSR count). The van der Waals surface area contributed by atoms with E-state index < -0.39 is 0 Å². The topological polar surface area (TPSA) is 24.1 Å². The minimum absolute atomic E-state index is 0.998. The number of halogens is 2. The molecular formula is C18H14Br2N2. The molecule has 110 valence electrons. The van der Waals surface area contributed by atoms with Crippen molar-refractivity contribution in [1.29, 1.82) is 0 Å². The highest BCUT2D eigenvalue weighted by Crippen LogP contribution is 2.36. The number of benzene rings is 3. The van der Waals surface area contributed by atoms with Crippen LogP contribution in [-0.4, -0.2) is 0 Å². The van der Waals surface area contributed by atoms with E-state index in [0.29, 0.717) is 0 Å². The number of rotatable bonds is 4. The molecule has 2 nitrogen and oxygen atoms in total. The standard InChI is InChI=1S/C18H14Br2N2/c19-15-12-18(22-14-9-5-2-6-10-14)16(20)11-17(15)21-13-7-3-1-4-8-13/h1-12,21-22H. The Bertz CT molecular complexity index is 692. The van der Waals surface area contributed by atoms with Crippen LogP contribution in [0.4, 0.5) is 22.7 Å². The third-order valence-corrected chi connectivity index (χ3v) is 4.47. The van der Waals surface area contributed by atoms with Crippen LogP contribution in [-0.2, 0) is 0 Å². The van der Waals surface area contributed by atoms with Crippen molar-refractivity contribution in [2.75, 3.05) is 10.6 Å². The largest absolute Gasteiger partial charge is 0.355 e. The fourth-order valence-electron chi connectivity index (χ4n) is 2.09. The zero-order chi connectivity index (χ0) is 15.4. The molecule has 0 saturated heterocycles. The van der Waals surface area contributed by atoms with Gasteiger partial charge >= 0.3 is 0 Å². The molecule has 0 fully saturated rings. The second kappa shape index (κ2) is 6.99. The van der Waals surface area contributed by atoms with Gasteiger partial charge in [0.05, 0.1) is 11.4 Å². The summed E-state index contributed by atoms with van der Waals surface area (Å²) in [6, 6.07) is 24.3. The van der Waals surface area contributed by atoms with Crippen LogP contribution in [0.15, 0.2) is 81.7 Å². The van der Waals surface area contributed by atoms with Crippen molar-refractivity contribution in [2.24, 2.45) is 0 Å². The van der Waals surface area contributed by atoms with Gasteiger partial charge in [-0.05, 0) is 68.3 Å². The maximum Gasteiger partial charge on any atom is 0.0541 e. The quantitative estimate of drug-likeness (QED) is 0.493. The van der Waals surface area contributed by atoms with Crippen LogP contribution in [0.25, 0.3) is 0 Å². The molecule has 0 aliphatic heterocycles. The Morgan fingerprint density at radius 3 is 1.27 bits per heavy atom. The van der Waals surface area contributed by atoms with E-state index in [1.165, 1.54) is 0 Å². The molecule has 0 aliphatic rings. The third-order valence-electron chi connectivity index (χ3n) is 3.16. The second-order valence-electron chi connectivity index (χ2n) is 4.79. The summed E-state index contributed by atoms with van der Waals surface area (Å²) in [6.45, 7) is 0. The average molecular weight is 418 g/mol. The smallest absolute Gasteiger partial charge is 0.0541 e. The number of para-hydroxylation sites is 2. The van der Waals surface area contributed by atoms with Gasteiger partial charge in [-0.25, -0.2) is 0 Å². The van der Waals surface area contributed by atoms with Gasteiger partial charge in [-0.3, -0.25) is 0 Å². The molecule has 0 aliphatic carbocycles. The molecule has 3 aromatic carbocycles. The fraction of sp³-hybridized carbons (Fsp3) is 0. The van der Waals surface area contributed by atoms with Crippen LogP contribution in [0.2, 0.25) is 0 Å². The van der Waals surface area contributed by atoms with Gasteiger partial charge in [0.1, 0.15) is 0 Å². The lowest BCUT2D eigenvalue weighted by Gasteiger charge is -2.14. The molecule has 0 unspecified atom stereocenters. The Hall–Kier alpha value is -1.78. The normalized spacial score (nSPS) is 10.3. The van der Waals surface area contributed by atoms with Gasteiger partial charge in [0, 0.05) is 20.3 Å². The van der Waals surface area contributed by atoms with Crippen molar-refractivity contribution in [3.63, 3.8) is 0 Å². The van der Waals surface area contributed by atoms with Crippen molar-refractivity contribution in [3.8, 4) is 0 Å². The summed E-state index contributed by atoms with van der Waals surface area (Å²) < 4.78 is 2.00. The Labute approximate surface area is 146 Å². The molecule has 0 atom stereocenters. The van der Waals surface area contributed by atoms with Gasteiger partial charge in [-0.1, -0.05) is 36.4 Å². The predicted molar refractivity (Wildman–Crippen MR) is 101 cm³/mol. The molecule has 2 N–H and O–H groups in total. The van der Waals surface area contributed by atoms with Gasteiger partial charge in [-0.2, -0.15) is 0 Å². The van der Waals surface area contributed by atoms with Crippen molar-refractivity contribution >= 4 is 54.6 Å². The van der Waals surface area contributed by atoms with Crippen molar-refractivity contribution in [1.82, 2.24) is 0 Å². The summed E-state index contributed by atoms with van der Waals surface area (Å²) in [5.41, 5.74) is 4.13. The van der Waals surface area contributed by atoms with Crippen LogP contribution in [0.1, 0.15) is 0 Å². The molecule has 3 aromatic rings. The van der Waals surface area contributed by atoms with E-state index in [4.69, 9.17) is 0 Å². The second-order valence-corrected chi connectivity index (χ2v) is 6.50. The highest BCUT2D eigenvalue weighted by molar-refractivity contribution is 9.11. The van der Waals surface area contributed by atoms with Crippen LogP contribution in [0.5, 0.6) is 0 Å². The SMILES string of the molecule is Brc1cc(Nc2ccccc2)c(Br)cc1Nc1ccccc1. The Kier molecular flexibility index (Phi) is 4.80. The number of hydrogen-bond acceptors (Lipinski definition) is 2. The lowest BCUT2D eigenvalue weighted by molar-refractivity contribution is 1.47. The van der Waals surface area contributed by atoms with Gasteiger partial charge in [0.2, 0.25) is 0 Å². The highest BCUT2D eigenvalue weighted by atomic mass is 79.9. The lowest BCUT2D eigenvalue weighted by Crippen LogP contribution is -1.95. The summed E-state index contributed by atoms with van der Waals surface area (Å²) in [4.78, 5) is 0. The van der Waals surface area contributed by atoms with Crippen molar-refractivity contribution in [2.45, 2.75) is 0 Å². The molecule has 4 heteroatoms.